The number of nitrogens with one attached hydrogen (secondary N) is 1. The third-order valence-corrected chi connectivity index (χ3v) is 4.42. The highest BCUT2D eigenvalue weighted by Gasteiger charge is 2.21. The second kappa shape index (κ2) is 4.56. The van der Waals surface area contributed by atoms with Crippen LogP contribution in [0.4, 0.5) is 5.82 Å². The summed E-state index contributed by atoms with van der Waals surface area (Å²) in [5.74, 6) is 5.12. The molecule has 0 saturated carbocycles. The van der Waals surface area contributed by atoms with Gasteiger partial charge >= 0.3 is 0 Å². The minimum Gasteiger partial charge on any atom is -0.454 e. The van der Waals surface area contributed by atoms with Gasteiger partial charge in [0.2, 0.25) is 6.79 Å². The molecule has 5 nitrogen and oxygen atoms in total. The highest BCUT2D eigenvalue weighted by molar-refractivity contribution is 7.98. The van der Waals surface area contributed by atoms with E-state index < -0.39 is 0 Å². The summed E-state index contributed by atoms with van der Waals surface area (Å²) < 4.78 is 10.7. The summed E-state index contributed by atoms with van der Waals surface area (Å²) in [6.45, 7) is 0.280. The Hall–Kier alpha value is -1.95. The molecular weight excluding hydrogens is 274 g/mol. The topological polar surface area (TPSA) is 56.3 Å². The molecule has 0 amide bonds. The van der Waals surface area contributed by atoms with Crippen molar-refractivity contribution in [1.29, 1.82) is 0 Å². The van der Waals surface area contributed by atoms with Crippen molar-refractivity contribution in [3.05, 3.63) is 29.5 Å². The Labute approximate surface area is 120 Å². The van der Waals surface area contributed by atoms with Crippen molar-refractivity contribution in [3.8, 4) is 22.9 Å². The fourth-order valence-electron chi connectivity index (χ4n) is 2.42. The predicted octanol–water partition coefficient (Wildman–Crippen LogP) is 2.66. The van der Waals surface area contributed by atoms with Crippen molar-refractivity contribution in [1.82, 2.24) is 9.97 Å². The van der Waals surface area contributed by atoms with E-state index in [-0.39, 0.29) is 6.79 Å². The van der Waals surface area contributed by atoms with E-state index in [0.717, 1.165) is 45.9 Å². The Morgan fingerprint density at radius 3 is 2.95 bits per heavy atom. The van der Waals surface area contributed by atoms with Crippen LogP contribution < -0.4 is 14.8 Å². The SMILES string of the molecule is CNc1nc(-c2ccc3c(c2)OCO3)nc2c1CSC2. The van der Waals surface area contributed by atoms with E-state index in [2.05, 4.69) is 15.3 Å². The number of benzene rings is 1. The molecule has 0 atom stereocenters. The van der Waals surface area contributed by atoms with Crippen molar-refractivity contribution in [3.63, 3.8) is 0 Å². The van der Waals surface area contributed by atoms with Crippen molar-refractivity contribution >= 4 is 17.6 Å². The third-order valence-electron chi connectivity index (χ3n) is 3.45. The molecule has 2 aromatic rings. The van der Waals surface area contributed by atoms with E-state index >= 15 is 0 Å². The molecule has 0 spiro atoms. The molecular formula is C14H13N3O2S. The van der Waals surface area contributed by atoms with Crippen LogP contribution in [0, 0.1) is 0 Å². The number of rotatable bonds is 2. The normalized spacial score (nSPS) is 15.2. The molecule has 1 aromatic heterocycles. The van der Waals surface area contributed by atoms with Crippen LogP contribution in [0.25, 0.3) is 11.4 Å². The molecule has 0 fully saturated rings. The summed E-state index contributed by atoms with van der Waals surface area (Å²) in [7, 11) is 1.90. The largest absolute Gasteiger partial charge is 0.454 e. The van der Waals surface area contributed by atoms with Gasteiger partial charge in [0, 0.05) is 29.7 Å². The number of hydrogen-bond acceptors (Lipinski definition) is 6. The van der Waals surface area contributed by atoms with E-state index in [4.69, 9.17) is 9.47 Å². The summed E-state index contributed by atoms with van der Waals surface area (Å²) >= 11 is 1.87. The first-order valence-corrected chi connectivity index (χ1v) is 7.56. The van der Waals surface area contributed by atoms with Crippen LogP contribution in [0.5, 0.6) is 11.5 Å². The van der Waals surface area contributed by atoms with Gasteiger partial charge < -0.3 is 14.8 Å². The molecule has 102 valence electrons. The van der Waals surface area contributed by atoms with Gasteiger partial charge in [-0.3, -0.25) is 0 Å². The van der Waals surface area contributed by atoms with Crippen molar-refractivity contribution in [2.75, 3.05) is 19.2 Å². The zero-order chi connectivity index (χ0) is 13.5. The minimum absolute atomic E-state index is 0.280. The average molecular weight is 287 g/mol. The van der Waals surface area contributed by atoms with Crippen LogP contribution in [0.2, 0.25) is 0 Å². The summed E-state index contributed by atoms with van der Waals surface area (Å²) in [4.78, 5) is 9.32. The Morgan fingerprint density at radius 2 is 2.05 bits per heavy atom. The van der Waals surface area contributed by atoms with Gasteiger partial charge in [-0.2, -0.15) is 11.8 Å². The first-order valence-electron chi connectivity index (χ1n) is 6.40. The van der Waals surface area contributed by atoms with Gasteiger partial charge in [0.15, 0.2) is 17.3 Å². The number of anilines is 1. The number of fused-ring (bicyclic) bond motifs is 2. The molecule has 0 saturated heterocycles. The van der Waals surface area contributed by atoms with E-state index in [0.29, 0.717) is 0 Å². The van der Waals surface area contributed by atoms with Crippen molar-refractivity contribution < 1.29 is 9.47 Å². The third kappa shape index (κ3) is 1.79. The average Bonchev–Trinajstić information content (AvgIpc) is 3.13. The number of nitrogens with zero attached hydrogens (tertiary/aromatic N) is 2. The monoisotopic (exact) mass is 287 g/mol. The van der Waals surface area contributed by atoms with Crippen LogP contribution in [-0.4, -0.2) is 23.8 Å². The van der Waals surface area contributed by atoms with Gasteiger partial charge in [-0.1, -0.05) is 0 Å². The molecule has 4 rings (SSSR count). The van der Waals surface area contributed by atoms with E-state index in [1.54, 1.807) is 0 Å². The summed E-state index contributed by atoms with van der Waals surface area (Å²) in [6.07, 6.45) is 0. The number of hydrogen-bond donors (Lipinski definition) is 1. The summed E-state index contributed by atoms with van der Waals surface area (Å²) in [5.41, 5.74) is 3.30. The first-order chi connectivity index (χ1) is 9.85. The second-order valence-corrected chi connectivity index (χ2v) is 5.62. The van der Waals surface area contributed by atoms with E-state index in [1.807, 2.05) is 37.0 Å². The van der Waals surface area contributed by atoms with E-state index in [1.165, 1.54) is 5.56 Å². The number of aromatic nitrogens is 2. The van der Waals surface area contributed by atoms with Gasteiger partial charge in [-0.15, -0.1) is 0 Å². The van der Waals surface area contributed by atoms with Crippen LogP contribution in [0.3, 0.4) is 0 Å². The fraction of sp³-hybridized carbons (Fsp3) is 0.286. The fourth-order valence-corrected chi connectivity index (χ4v) is 3.46. The van der Waals surface area contributed by atoms with Crippen LogP contribution in [0.15, 0.2) is 18.2 Å². The molecule has 1 aromatic carbocycles. The number of ether oxygens (including phenoxy) is 2. The molecule has 2 aliphatic rings. The van der Waals surface area contributed by atoms with Crippen LogP contribution >= 0.6 is 11.8 Å². The van der Waals surface area contributed by atoms with Gasteiger partial charge in [0.05, 0.1) is 5.69 Å². The van der Waals surface area contributed by atoms with Gasteiger partial charge in [0.25, 0.3) is 0 Å². The molecule has 2 aliphatic heterocycles. The quantitative estimate of drug-likeness (QED) is 0.916. The Bertz CT molecular complexity index is 690. The lowest BCUT2D eigenvalue weighted by molar-refractivity contribution is 0.174. The van der Waals surface area contributed by atoms with Crippen molar-refractivity contribution in [2.24, 2.45) is 0 Å². The molecule has 20 heavy (non-hydrogen) atoms. The second-order valence-electron chi connectivity index (χ2n) is 4.63. The molecule has 3 heterocycles. The Balaban J connectivity index is 1.82. The maximum Gasteiger partial charge on any atom is 0.231 e. The van der Waals surface area contributed by atoms with Gasteiger partial charge in [0.1, 0.15) is 5.82 Å². The standard InChI is InChI=1S/C14H13N3O2S/c1-15-14-9-5-20-6-10(9)16-13(17-14)8-2-3-11-12(4-8)19-7-18-11/h2-4H,5-7H2,1H3,(H,15,16,17). The molecule has 1 N–H and O–H groups in total. The predicted molar refractivity (Wildman–Crippen MR) is 78.1 cm³/mol. The van der Waals surface area contributed by atoms with Crippen LogP contribution in [-0.2, 0) is 11.5 Å². The maximum absolute atomic E-state index is 5.41. The zero-order valence-electron chi connectivity index (χ0n) is 11.0. The summed E-state index contributed by atoms with van der Waals surface area (Å²) in [5, 5.41) is 3.17. The lowest BCUT2D eigenvalue weighted by atomic mass is 10.1. The lowest BCUT2D eigenvalue weighted by Crippen LogP contribution is -2.03. The maximum atomic E-state index is 5.41. The highest BCUT2D eigenvalue weighted by Crippen LogP contribution is 2.37. The summed E-state index contributed by atoms with van der Waals surface area (Å²) in [6, 6.07) is 5.81. The molecule has 0 radical (unpaired) electrons. The Kier molecular flexibility index (Phi) is 2.70. The molecule has 0 unspecified atom stereocenters. The molecule has 0 aliphatic carbocycles. The smallest absolute Gasteiger partial charge is 0.231 e. The highest BCUT2D eigenvalue weighted by atomic mass is 32.2. The Morgan fingerprint density at radius 1 is 1.15 bits per heavy atom. The van der Waals surface area contributed by atoms with E-state index in [9.17, 15) is 0 Å². The minimum atomic E-state index is 0.280. The molecule has 0 bridgehead atoms. The number of thioether (sulfide) groups is 1. The first kappa shape index (κ1) is 11.8. The van der Waals surface area contributed by atoms with Crippen molar-refractivity contribution in [2.45, 2.75) is 11.5 Å². The van der Waals surface area contributed by atoms with Gasteiger partial charge in [-0.25, -0.2) is 9.97 Å². The zero-order valence-corrected chi connectivity index (χ0v) is 11.8. The lowest BCUT2D eigenvalue weighted by Gasteiger charge is -2.09. The van der Waals surface area contributed by atoms with Gasteiger partial charge in [-0.05, 0) is 18.2 Å². The molecule has 6 heteroatoms. The van der Waals surface area contributed by atoms with Crippen LogP contribution in [0.1, 0.15) is 11.3 Å².